The lowest BCUT2D eigenvalue weighted by atomic mass is 10.0. The first-order valence-corrected chi connectivity index (χ1v) is 7.44. The topological polar surface area (TPSA) is 59.4 Å². The third-order valence-electron chi connectivity index (χ3n) is 4.04. The maximum Gasteiger partial charge on any atom is 0.433 e. The number of H-pyrrole nitrogens is 1. The van der Waals surface area contributed by atoms with Gasteiger partial charge in [-0.1, -0.05) is 0 Å². The van der Waals surface area contributed by atoms with Crippen molar-refractivity contribution in [3.05, 3.63) is 41.7 Å². The molecule has 4 rings (SSSR count). The second-order valence-electron chi connectivity index (χ2n) is 5.76. The molecule has 0 fully saturated rings. The highest BCUT2D eigenvalue weighted by Crippen LogP contribution is 2.36. The van der Waals surface area contributed by atoms with E-state index < -0.39 is 18.4 Å². The highest BCUT2D eigenvalue weighted by Gasteiger charge is 2.33. The molecule has 0 saturated heterocycles. The first-order valence-electron chi connectivity index (χ1n) is 7.44. The molecule has 0 amide bonds. The number of nitrogens with zero attached hydrogens (tertiary/aromatic N) is 4. The third kappa shape index (κ3) is 2.49. The van der Waals surface area contributed by atoms with Crippen LogP contribution >= 0.6 is 0 Å². The lowest BCUT2D eigenvalue weighted by Gasteiger charge is -2.09. The molecular weight excluding hydrogens is 357 g/mol. The average molecular weight is 367 g/mol. The first kappa shape index (κ1) is 16.4. The van der Waals surface area contributed by atoms with Crippen molar-refractivity contribution in [3.63, 3.8) is 0 Å². The predicted octanol–water partition coefficient (Wildman–Crippen LogP) is 4.70. The van der Waals surface area contributed by atoms with Gasteiger partial charge in [0.2, 0.25) is 0 Å². The quantitative estimate of drug-likeness (QED) is 0.523. The van der Waals surface area contributed by atoms with Gasteiger partial charge in [0.25, 0.3) is 0 Å². The Morgan fingerprint density at radius 1 is 1.15 bits per heavy atom. The van der Waals surface area contributed by atoms with Crippen molar-refractivity contribution in [2.24, 2.45) is 0 Å². The number of aryl methyl sites for hydroxylation is 1. The van der Waals surface area contributed by atoms with E-state index in [0.717, 1.165) is 12.1 Å². The van der Waals surface area contributed by atoms with E-state index in [1.807, 2.05) is 0 Å². The van der Waals surface area contributed by atoms with Crippen LogP contribution in [0.3, 0.4) is 0 Å². The molecule has 134 valence electrons. The van der Waals surface area contributed by atoms with E-state index in [1.54, 1.807) is 19.1 Å². The van der Waals surface area contributed by atoms with Crippen LogP contribution in [-0.2, 0) is 6.18 Å². The lowest BCUT2D eigenvalue weighted by Crippen LogP contribution is -2.07. The number of benzene rings is 1. The molecule has 1 N–H and O–H groups in total. The van der Waals surface area contributed by atoms with Crippen LogP contribution in [0.15, 0.2) is 30.5 Å². The summed E-state index contributed by atoms with van der Waals surface area (Å²) in [5.74, 6) is 0. The van der Waals surface area contributed by atoms with E-state index in [0.29, 0.717) is 21.1 Å². The van der Waals surface area contributed by atoms with Crippen molar-refractivity contribution in [2.75, 3.05) is 0 Å². The van der Waals surface area contributed by atoms with Gasteiger partial charge in [-0.2, -0.15) is 32.1 Å². The number of nitrogens with one attached hydrogen (secondary N) is 1. The number of alkyl halides is 5. The second kappa shape index (κ2) is 5.48. The largest absolute Gasteiger partial charge is 0.433 e. The van der Waals surface area contributed by atoms with Crippen molar-refractivity contribution in [2.45, 2.75) is 19.6 Å². The van der Waals surface area contributed by atoms with Crippen molar-refractivity contribution < 1.29 is 22.0 Å². The fourth-order valence-corrected chi connectivity index (χ4v) is 2.92. The molecule has 0 radical (unpaired) electrons. The summed E-state index contributed by atoms with van der Waals surface area (Å²) in [6.07, 6.45) is -3.19. The van der Waals surface area contributed by atoms with Crippen LogP contribution in [0.25, 0.3) is 33.2 Å². The van der Waals surface area contributed by atoms with Gasteiger partial charge in [0.1, 0.15) is 22.4 Å². The van der Waals surface area contributed by atoms with Gasteiger partial charge in [-0.15, -0.1) is 0 Å². The summed E-state index contributed by atoms with van der Waals surface area (Å²) in [5, 5.41) is 11.0. The zero-order valence-corrected chi connectivity index (χ0v) is 13.1. The van der Waals surface area contributed by atoms with Crippen LogP contribution in [0.5, 0.6) is 0 Å². The molecule has 0 aliphatic rings. The van der Waals surface area contributed by atoms with Gasteiger partial charge >= 0.3 is 12.7 Å². The first-order chi connectivity index (χ1) is 12.3. The van der Waals surface area contributed by atoms with Gasteiger partial charge in [0, 0.05) is 10.9 Å². The summed E-state index contributed by atoms with van der Waals surface area (Å²) in [5.41, 5.74) is 0.0855. The fraction of sp³-hybridized carbons (Fsp3) is 0.188. The molecular formula is C16H10F5N5. The van der Waals surface area contributed by atoms with Crippen molar-refractivity contribution in [3.8, 4) is 11.3 Å². The number of rotatable bonds is 2. The highest BCUT2D eigenvalue weighted by atomic mass is 19.4. The number of pyridine rings is 1. The van der Waals surface area contributed by atoms with Crippen LogP contribution < -0.4 is 0 Å². The zero-order chi connectivity index (χ0) is 18.6. The molecule has 0 bridgehead atoms. The minimum Gasteiger partial charge on any atom is -0.278 e. The molecule has 3 heterocycles. The highest BCUT2D eigenvalue weighted by molar-refractivity contribution is 5.94. The molecule has 4 aromatic rings. The molecule has 26 heavy (non-hydrogen) atoms. The monoisotopic (exact) mass is 367 g/mol. The Balaban J connectivity index is 2.06. The van der Waals surface area contributed by atoms with Gasteiger partial charge in [-0.25, -0.2) is 9.67 Å². The predicted molar refractivity (Wildman–Crippen MR) is 83.6 cm³/mol. The Morgan fingerprint density at radius 2 is 1.92 bits per heavy atom. The number of aromatic nitrogens is 5. The fourth-order valence-electron chi connectivity index (χ4n) is 2.92. The lowest BCUT2D eigenvalue weighted by molar-refractivity contribution is -0.140. The SMILES string of the molecule is Cc1cc(-c2c3nc(C(F)(F)F)ccc3nn2C(F)F)cc2cn[nH]c12. The van der Waals surface area contributed by atoms with Gasteiger partial charge in [0.05, 0.1) is 11.7 Å². The second-order valence-corrected chi connectivity index (χ2v) is 5.76. The molecule has 5 nitrogen and oxygen atoms in total. The zero-order valence-electron chi connectivity index (χ0n) is 13.1. The van der Waals surface area contributed by atoms with Crippen LogP contribution in [-0.4, -0.2) is 25.0 Å². The van der Waals surface area contributed by atoms with Crippen LogP contribution in [0, 0.1) is 6.92 Å². The third-order valence-corrected chi connectivity index (χ3v) is 4.04. The van der Waals surface area contributed by atoms with Gasteiger partial charge in [-0.3, -0.25) is 5.10 Å². The Bertz CT molecular complexity index is 1130. The molecule has 0 atom stereocenters. The smallest absolute Gasteiger partial charge is 0.278 e. The van der Waals surface area contributed by atoms with E-state index in [-0.39, 0.29) is 22.3 Å². The van der Waals surface area contributed by atoms with Crippen LogP contribution in [0.4, 0.5) is 22.0 Å². The molecule has 0 spiro atoms. The van der Waals surface area contributed by atoms with Crippen molar-refractivity contribution in [1.82, 2.24) is 25.0 Å². The summed E-state index contributed by atoms with van der Waals surface area (Å²) in [7, 11) is 0. The summed E-state index contributed by atoms with van der Waals surface area (Å²) >= 11 is 0. The molecule has 0 saturated carbocycles. The van der Waals surface area contributed by atoms with E-state index in [1.165, 1.54) is 6.20 Å². The maximum atomic E-state index is 13.5. The molecule has 0 aliphatic heterocycles. The Labute approximate surface area is 142 Å². The minimum absolute atomic E-state index is 0.0433. The number of aromatic amines is 1. The molecule has 0 unspecified atom stereocenters. The minimum atomic E-state index is -4.69. The summed E-state index contributed by atoms with van der Waals surface area (Å²) in [6, 6.07) is 4.90. The van der Waals surface area contributed by atoms with Crippen LogP contribution in [0.2, 0.25) is 0 Å². The van der Waals surface area contributed by atoms with Gasteiger partial charge < -0.3 is 0 Å². The average Bonchev–Trinajstić information content (AvgIpc) is 3.17. The van der Waals surface area contributed by atoms with Gasteiger partial charge in [-0.05, 0) is 36.8 Å². The molecule has 3 aromatic heterocycles. The van der Waals surface area contributed by atoms with E-state index >= 15 is 0 Å². The normalized spacial score (nSPS) is 12.6. The summed E-state index contributed by atoms with van der Waals surface area (Å²) < 4.78 is 66.3. The molecule has 10 heteroatoms. The van der Waals surface area contributed by atoms with E-state index in [4.69, 9.17) is 0 Å². The Morgan fingerprint density at radius 3 is 2.62 bits per heavy atom. The molecule has 1 aromatic carbocycles. The number of hydrogen-bond acceptors (Lipinski definition) is 3. The number of hydrogen-bond donors (Lipinski definition) is 1. The standard InChI is InChI=1S/C16H10F5N5/c1-7-4-8(5-9-6-22-24-12(7)9)14-13-10(25-26(14)15(17)18)2-3-11(23-13)16(19,20)21/h2-6,15H,1H3,(H,22,24). The van der Waals surface area contributed by atoms with Crippen molar-refractivity contribution in [1.29, 1.82) is 0 Å². The Hall–Kier alpha value is -3.04. The number of fused-ring (bicyclic) bond motifs is 2. The van der Waals surface area contributed by atoms with E-state index in [2.05, 4.69) is 20.3 Å². The van der Waals surface area contributed by atoms with Gasteiger partial charge in [0.15, 0.2) is 0 Å². The maximum absolute atomic E-state index is 13.5. The Kier molecular flexibility index (Phi) is 3.46. The summed E-state index contributed by atoms with van der Waals surface area (Å²) in [4.78, 5) is 3.56. The number of halogens is 5. The van der Waals surface area contributed by atoms with E-state index in [9.17, 15) is 22.0 Å². The van der Waals surface area contributed by atoms with Crippen molar-refractivity contribution >= 4 is 21.9 Å². The molecule has 0 aliphatic carbocycles. The van der Waals surface area contributed by atoms with Crippen LogP contribution in [0.1, 0.15) is 17.8 Å². The summed E-state index contributed by atoms with van der Waals surface area (Å²) in [6.45, 7) is -1.29.